The Morgan fingerprint density at radius 2 is 1.94 bits per heavy atom. The van der Waals surface area contributed by atoms with Crippen LogP contribution < -0.4 is 5.32 Å². The van der Waals surface area contributed by atoms with Gasteiger partial charge in [0.15, 0.2) is 0 Å². The minimum absolute atomic E-state index is 0.263. The highest BCUT2D eigenvalue weighted by Gasteiger charge is 2.34. The van der Waals surface area contributed by atoms with Gasteiger partial charge >= 0.3 is 6.18 Å². The normalized spacial score (nSPS) is 13.7. The monoisotopic (exact) mass is 247 g/mol. The van der Waals surface area contributed by atoms with Crippen LogP contribution in [0.1, 0.15) is 23.6 Å². The first-order valence-electron chi connectivity index (χ1n) is 5.33. The molecule has 96 valence electrons. The van der Waals surface area contributed by atoms with E-state index in [1.54, 1.807) is 13.1 Å². The number of ether oxygens (including phenoxy) is 1. The third-order valence-corrected chi connectivity index (χ3v) is 2.60. The minimum Gasteiger partial charge on any atom is -0.385 e. The number of alkyl halides is 3. The molecule has 0 aliphatic rings. The van der Waals surface area contributed by atoms with Crippen molar-refractivity contribution in [2.45, 2.75) is 18.6 Å². The van der Waals surface area contributed by atoms with Gasteiger partial charge in [0.25, 0.3) is 0 Å². The van der Waals surface area contributed by atoms with Crippen LogP contribution in [0.15, 0.2) is 24.3 Å². The summed E-state index contributed by atoms with van der Waals surface area (Å²) in [6, 6.07) is 5.26. The van der Waals surface area contributed by atoms with Crippen LogP contribution in [0.2, 0.25) is 0 Å². The van der Waals surface area contributed by atoms with Crippen molar-refractivity contribution in [3.63, 3.8) is 0 Å². The van der Waals surface area contributed by atoms with Crippen LogP contribution in [0.25, 0.3) is 0 Å². The molecule has 0 amide bonds. The number of rotatable bonds is 5. The van der Waals surface area contributed by atoms with Crippen LogP contribution in [0, 0.1) is 0 Å². The lowest BCUT2D eigenvalue weighted by Gasteiger charge is -2.21. The lowest BCUT2D eigenvalue weighted by atomic mass is 9.98. The van der Waals surface area contributed by atoms with Crippen molar-refractivity contribution in [1.29, 1.82) is 0 Å². The molecule has 0 saturated heterocycles. The van der Waals surface area contributed by atoms with Crippen molar-refractivity contribution in [3.05, 3.63) is 35.4 Å². The van der Waals surface area contributed by atoms with Gasteiger partial charge in [0.1, 0.15) is 0 Å². The first-order chi connectivity index (χ1) is 8.00. The minimum atomic E-state index is -4.32. The Balaban J connectivity index is 3.02. The predicted molar refractivity (Wildman–Crippen MR) is 59.7 cm³/mol. The number of benzene rings is 1. The van der Waals surface area contributed by atoms with Gasteiger partial charge < -0.3 is 10.1 Å². The van der Waals surface area contributed by atoms with Crippen molar-refractivity contribution in [2.24, 2.45) is 0 Å². The molecule has 0 aliphatic heterocycles. The van der Waals surface area contributed by atoms with Crippen molar-refractivity contribution in [1.82, 2.24) is 5.32 Å². The molecule has 0 spiro atoms. The Morgan fingerprint density at radius 1 is 1.29 bits per heavy atom. The van der Waals surface area contributed by atoms with E-state index in [9.17, 15) is 13.2 Å². The van der Waals surface area contributed by atoms with Gasteiger partial charge in [-0.15, -0.1) is 0 Å². The Kier molecular flexibility index (Phi) is 4.96. The standard InChI is InChI=1S/C12H16F3NO/c1-16-11(7-8-17-2)9-5-3-4-6-10(9)12(13,14)15/h3-6,11,16H,7-8H2,1-2H3. The molecular formula is C12H16F3NO. The van der Waals surface area contributed by atoms with Crippen molar-refractivity contribution in [3.8, 4) is 0 Å². The second-order valence-electron chi connectivity index (χ2n) is 3.71. The molecule has 1 N–H and O–H groups in total. The second kappa shape index (κ2) is 6.02. The van der Waals surface area contributed by atoms with Gasteiger partial charge in [-0.3, -0.25) is 0 Å². The maximum Gasteiger partial charge on any atom is 0.416 e. The predicted octanol–water partition coefficient (Wildman–Crippen LogP) is 3.00. The lowest BCUT2D eigenvalue weighted by Crippen LogP contribution is -2.22. The van der Waals surface area contributed by atoms with E-state index in [4.69, 9.17) is 4.74 Å². The fourth-order valence-electron chi connectivity index (χ4n) is 1.75. The largest absolute Gasteiger partial charge is 0.416 e. The summed E-state index contributed by atoms with van der Waals surface area (Å²) < 4.78 is 43.3. The highest BCUT2D eigenvalue weighted by atomic mass is 19.4. The summed E-state index contributed by atoms with van der Waals surface area (Å²) in [5, 5.41) is 2.89. The molecule has 1 aromatic carbocycles. The number of methoxy groups -OCH3 is 1. The number of hydrogen-bond donors (Lipinski definition) is 1. The van der Waals surface area contributed by atoms with Crippen molar-refractivity contribution >= 4 is 0 Å². The topological polar surface area (TPSA) is 21.3 Å². The molecule has 0 radical (unpaired) electrons. The van der Waals surface area contributed by atoms with Gasteiger partial charge in [0.2, 0.25) is 0 Å². The van der Waals surface area contributed by atoms with E-state index in [-0.39, 0.29) is 11.6 Å². The molecule has 0 bridgehead atoms. The molecule has 1 aromatic rings. The molecule has 0 fully saturated rings. The average molecular weight is 247 g/mol. The maximum absolute atomic E-state index is 12.8. The first kappa shape index (κ1) is 14.0. The molecule has 1 atom stereocenters. The highest BCUT2D eigenvalue weighted by molar-refractivity contribution is 5.32. The van der Waals surface area contributed by atoms with Crippen LogP contribution >= 0.6 is 0 Å². The Morgan fingerprint density at radius 3 is 2.47 bits per heavy atom. The molecule has 1 unspecified atom stereocenters. The molecule has 17 heavy (non-hydrogen) atoms. The van der Waals surface area contributed by atoms with Crippen LogP contribution in [-0.2, 0) is 10.9 Å². The zero-order valence-electron chi connectivity index (χ0n) is 9.84. The summed E-state index contributed by atoms with van der Waals surface area (Å²) in [6.45, 7) is 0.414. The number of nitrogens with one attached hydrogen (secondary N) is 1. The molecule has 1 rings (SSSR count). The molecule has 0 aromatic heterocycles. The Hall–Kier alpha value is -1.07. The molecule has 5 heteroatoms. The molecular weight excluding hydrogens is 231 g/mol. The third kappa shape index (κ3) is 3.71. The van der Waals surface area contributed by atoms with Gasteiger partial charge in [0.05, 0.1) is 5.56 Å². The van der Waals surface area contributed by atoms with E-state index in [1.807, 2.05) is 0 Å². The zero-order valence-corrected chi connectivity index (χ0v) is 9.84. The fourth-order valence-corrected chi connectivity index (χ4v) is 1.75. The van der Waals surface area contributed by atoms with Crippen LogP contribution in [0.3, 0.4) is 0 Å². The van der Waals surface area contributed by atoms with Gasteiger partial charge in [-0.25, -0.2) is 0 Å². The fraction of sp³-hybridized carbons (Fsp3) is 0.500. The smallest absolute Gasteiger partial charge is 0.385 e. The maximum atomic E-state index is 12.8. The van der Waals surface area contributed by atoms with E-state index < -0.39 is 11.7 Å². The first-order valence-corrected chi connectivity index (χ1v) is 5.33. The second-order valence-corrected chi connectivity index (χ2v) is 3.71. The summed E-state index contributed by atoms with van der Waals surface area (Å²) in [7, 11) is 3.18. The Labute approximate surface area is 98.8 Å². The molecule has 0 saturated carbocycles. The average Bonchev–Trinajstić information content (AvgIpc) is 2.29. The van der Waals surface area contributed by atoms with E-state index in [2.05, 4.69) is 5.32 Å². The van der Waals surface area contributed by atoms with Gasteiger partial charge in [-0.2, -0.15) is 13.2 Å². The zero-order chi connectivity index (χ0) is 12.9. The summed E-state index contributed by atoms with van der Waals surface area (Å²) in [5.74, 6) is 0. The van der Waals surface area contributed by atoms with Crippen LogP contribution in [0.4, 0.5) is 13.2 Å². The van der Waals surface area contributed by atoms with E-state index in [0.717, 1.165) is 6.07 Å². The van der Waals surface area contributed by atoms with E-state index in [1.165, 1.54) is 19.2 Å². The van der Waals surface area contributed by atoms with Crippen molar-refractivity contribution in [2.75, 3.05) is 20.8 Å². The molecule has 2 nitrogen and oxygen atoms in total. The SMILES string of the molecule is CNC(CCOC)c1ccccc1C(F)(F)F. The molecule has 0 heterocycles. The van der Waals surface area contributed by atoms with Gasteiger partial charge in [-0.1, -0.05) is 18.2 Å². The summed E-state index contributed by atoms with van der Waals surface area (Å²) in [5.41, 5.74) is -0.324. The van der Waals surface area contributed by atoms with Crippen LogP contribution in [-0.4, -0.2) is 20.8 Å². The van der Waals surface area contributed by atoms with E-state index >= 15 is 0 Å². The Bertz CT molecular complexity index is 352. The van der Waals surface area contributed by atoms with E-state index in [0.29, 0.717) is 13.0 Å². The lowest BCUT2D eigenvalue weighted by molar-refractivity contribution is -0.138. The quantitative estimate of drug-likeness (QED) is 0.863. The highest BCUT2D eigenvalue weighted by Crippen LogP contribution is 2.35. The number of hydrogen-bond acceptors (Lipinski definition) is 2. The van der Waals surface area contributed by atoms with Crippen molar-refractivity contribution < 1.29 is 17.9 Å². The summed E-state index contributed by atoms with van der Waals surface area (Å²) in [4.78, 5) is 0. The third-order valence-electron chi connectivity index (χ3n) is 2.60. The number of halogens is 3. The van der Waals surface area contributed by atoms with Gasteiger partial charge in [0, 0.05) is 19.8 Å². The summed E-state index contributed by atoms with van der Waals surface area (Å²) in [6.07, 6.45) is -3.82. The van der Waals surface area contributed by atoms with Crippen LogP contribution in [0.5, 0.6) is 0 Å². The van der Waals surface area contributed by atoms with Gasteiger partial charge in [-0.05, 0) is 25.1 Å². The molecule has 0 aliphatic carbocycles. The summed E-state index contributed by atoms with van der Waals surface area (Å²) >= 11 is 0.